The zero-order valence-corrected chi connectivity index (χ0v) is 15.7. The molecule has 1 N–H and O–H groups in total. The molecule has 3 aromatic rings. The zero-order chi connectivity index (χ0) is 19.5. The maximum Gasteiger partial charge on any atom is 0.337 e. The van der Waals surface area contributed by atoms with E-state index in [2.05, 4.69) is 33.0 Å². The van der Waals surface area contributed by atoms with Gasteiger partial charge in [-0.25, -0.2) is 13.9 Å². The number of nitrogens with one attached hydrogen (secondary N) is 1. The Labute approximate surface area is 163 Å². The van der Waals surface area contributed by atoms with Gasteiger partial charge in [0.2, 0.25) is 0 Å². The number of carbonyl (C=O) groups excluding carboxylic acids is 2. The smallest absolute Gasteiger partial charge is 0.337 e. The van der Waals surface area contributed by atoms with Crippen LogP contribution in [0.25, 0.3) is 11.3 Å². The standard InChI is InChI=1S/C22H21N3O3/c1-28-22(27)17-9-11-18(12-10-17)23-20(26)15-24-14-19(16-6-3-2-4-7-16)25-13-5-8-21(24)25/h2-4,6-7,9-12,14H,5,8,13,15H2,1H3/p+1. The van der Waals surface area contributed by atoms with Crippen molar-refractivity contribution in [1.82, 2.24) is 4.57 Å². The predicted octanol–water partition coefficient (Wildman–Crippen LogP) is 2.81. The van der Waals surface area contributed by atoms with E-state index < -0.39 is 5.97 Å². The van der Waals surface area contributed by atoms with Crippen molar-refractivity contribution in [2.24, 2.45) is 0 Å². The Balaban J connectivity index is 1.50. The average molecular weight is 376 g/mol. The van der Waals surface area contributed by atoms with Crippen LogP contribution in [-0.2, 0) is 29.0 Å². The van der Waals surface area contributed by atoms with Crippen LogP contribution in [0.4, 0.5) is 5.69 Å². The number of ether oxygens (including phenoxy) is 1. The number of amides is 1. The quantitative estimate of drug-likeness (QED) is 0.550. The fraction of sp³-hybridized carbons (Fsp3) is 0.227. The molecule has 0 fully saturated rings. The lowest BCUT2D eigenvalue weighted by Crippen LogP contribution is -2.42. The number of esters is 1. The minimum atomic E-state index is -0.397. The van der Waals surface area contributed by atoms with E-state index in [1.54, 1.807) is 24.3 Å². The molecule has 6 nitrogen and oxygen atoms in total. The second-order valence-corrected chi connectivity index (χ2v) is 6.80. The molecule has 0 radical (unpaired) electrons. The van der Waals surface area contributed by atoms with Crippen LogP contribution in [0.15, 0.2) is 60.8 Å². The number of carbonyl (C=O) groups is 2. The molecule has 0 aliphatic carbocycles. The third-order valence-corrected chi connectivity index (χ3v) is 4.97. The fourth-order valence-corrected chi connectivity index (χ4v) is 3.65. The van der Waals surface area contributed by atoms with E-state index in [4.69, 9.17) is 0 Å². The number of hydrogen-bond donors (Lipinski definition) is 1. The lowest BCUT2D eigenvalue weighted by Gasteiger charge is -2.05. The Morgan fingerprint density at radius 1 is 1.11 bits per heavy atom. The van der Waals surface area contributed by atoms with Gasteiger partial charge in [-0.2, -0.15) is 0 Å². The SMILES string of the molecule is COC(=O)c1ccc(NC(=O)C[n+]2cc(-c3ccccc3)n3c2CCC3)cc1. The highest BCUT2D eigenvalue weighted by molar-refractivity contribution is 5.92. The highest BCUT2D eigenvalue weighted by Crippen LogP contribution is 2.24. The van der Waals surface area contributed by atoms with Crippen molar-refractivity contribution in [3.8, 4) is 11.3 Å². The summed E-state index contributed by atoms with van der Waals surface area (Å²) >= 11 is 0. The topological polar surface area (TPSA) is 64.2 Å². The lowest BCUT2D eigenvalue weighted by molar-refractivity contribution is -0.690. The van der Waals surface area contributed by atoms with Gasteiger partial charge in [-0.3, -0.25) is 4.79 Å². The molecule has 0 saturated heterocycles. The van der Waals surface area contributed by atoms with Gasteiger partial charge in [0.1, 0.15) is 6.20 Å². The minimum absolute atomic E-state index is 0.101. The number of anilines is 1. The monoisotopic (exact) mass is 376 g/mol. The van der Waals surface area contributed by atoms with Crippen molar-refractivity contribution in [2.75, 3.05) is 12.4 Å². The molecular formula is C22H22N3O3+. The number of imidazole rings is 1. The summed E-state index contributed by atoms with van der Waals surface area (Å²) in [6.45, 7) is 1.23. The molecule has 0 unspecified atom stereocenters. The van der Waals surface area contributed by atoms with Crippen LogP contribution in [0.2, 0.25) is 0 Å². The minimum Gasteiger partial charge on any atom is -0.465 e. The first-order valence-electron chi connectivity index (χ1n) is 9.31. The number of fused-ring (bicyclic) bond motifs is 1. The summed E-state index contributed by atoms with van der Waals surface area (Å²) in [7, 11) is 1.34. The molecule has 1 aliphatic rings. The summed E-state index contributed by atoms with van der Waals surface area (Å²) in [5.74, 6) is 0.678. The first kappa shape index (κ1) is 18.0. The van der Waals surface area contributed by atoms with E-state index in [-0.39, 0.29) is 12.5 Å². The van der Waals surface area contributed by atoms with E-state index in [0.29, 0.717) is 11.3 Å². The van der Waals surface area contributed by atoms with Gasteiger partial charge < -0.3 is 10.1 Å². The van der Waals surface area contributed by atoms with Gasteiger partial charge in [0, 0.05) is 11.3 Å². The second kappa shape index (κ2) is 7.68. The van der Waals surface area contributed by atoms with Crippen LogP contribution in [0.5, 0.6) is 0 Å². The Hall–Kier alpha value is -3.41. The molecule has 0 bridgehead atoms. The van der Waals surface area contributed by atoms with E-state index >= 15 is 0 Å². The first-order chi connectivity index (χ1) is 13.7. The summed E-state index contributed by atoms with van der Waals surface area (Å²) in [5, 5.41) is 2.89. The maximum absolute atomic E-state index is 12.6. The normalized spacial score (nSPS) is 12.5. The van der Waals surface area contributed by atoms with Gasteiger partial charge in [-0.05, 0) is 30.7 Å². The van der Waals surface area contributed by atoms with Crippen molar-refractivity contribution >= 4 is 17.6 Å². The lowest BCUT2D eigenvalue weighted by atomic mass is 10.2. The average Bonchev–Trinajstić information content (AvgIpc) is 3.32. The zero-order valence-electron chi connectivity index (χ0n) is 15.7. The van der Waals surface area contributed by atoms with Crippen LogP contribution in [-0.4, -0.2) is 23.6 Å². The van der Waals surface area contributed by atoms with Gasteiger partial charge >= 0.3 is 5.97 Å². The molecule has 0 saturated carbocycles. The van der Waals surface area contributed by atoms with Crippen LogP contribution in [0.3, 0.4) is 0 Å². The van der Waals surface area contributed by atoms with E-state index in [0.717, 1.165) is 30.6 Å². The van der Waals surface area contributed by atoms with Crippen LogP contribution in [0, 0.1) is 0 Å². The molecule has 4 rings (SSSR count). The van der Waals surface area contributed by atoms with E-state index in [9.17, 15) is 9.59 Å². The molecule has 0 atom stereocenters. The van der Waals surface area contributed by atoms with Crippen molar-refractivity contribution in [3.05, 3.63) is 72.2 Å². The number of nitrogens with zero attached hydrogens (tertiary/aromatic N) is 2. The van der Waals surface area contributed by atoms with Gasteiger partial charge in [0.05, 0.1) is 25.6 Å². The highest BCUT2D eigenvalue weighted by atomic mass is 16.5. The third-order valence-electron chi connectivity index (χ3n) is 4.97. The van der Waals surface area contributed by atoms with Crippen LogP contribution in [0.1, 0.15) is 22.6 Å². The number of benzene rings is 2. The molecule has 142 valence electrons. The Kier molecular flexibility index (Phi) is 4.93. The highest BCUT2D eigenvalue weighted by Gasteiger charge is 2.29. The Morgan fingerprint density at radius 3 is 2.57 bits per heavy atom. The Bertz CT molecular complexity index is 1010. The summed E-state index contributed by atoms with van der Waals surface area (Å²) < 4.78 is 9.02. The van der Waals surface area contributed by atoms with Gasteiger partial charge in [0.25, 0.3) is 11.7 Å². The summed E-state index contributed by atoms with van der Waals surface area (Å²) in [6.07, 6.45) is 4.12. The van der Waals surface area contributed by atoms with E-state index in [1.165, 1.54) is 12.9 Å². The maximum atomic E-state index is 12.6. The van der Waals surface area contributed by atoms with Crippen molar-refractivity contribution in [3.63, 3.8) is 0 Å². The number of rotatable bonds is 5. The molecule has 28 heavy (non-hydrogen) atoms. The molecule has 1 aromatic heterocycles. The largest absolute Gasteiger partial charge is 0.465 e. The van der Waals surface area contributed by atoms with E-state index in [1.807, 2.05) is 22.8 Å². The molecular weight excluding hydrogens is 354 g/mol. The third kappa shape index (κ3) is 3.53. The second-order valence-electron chi connectivity index (χ2n) is 6.80. The van der Waals surface area contributed by atoms with Crippen LogP contribution < -0.4 is 9.88 Å². The van der Waals surface area contributed by atoms with Gasteiger partial charge in [-0.1, -0.05) is 30.3 Å². The first-order valence-corrected chi connectivity index (χ1v) is 9.31. The molecule has 1 aliphatic heterocycles. The van der Waals surface area contributed by atoms with Crippen LogP contribution >= 0.6 is 0 Å². The summed E-state index contributed by atoms with van der Waals surface area (Å²) in [4.78, 5) is 24.1. The van der Waals surface area contributed by atoms with Gasteiger partial charge in [-0.15, -0.1) is 0 Å². The number of hydrogen-bond acceptors (Lipinski definition) is 3. The predicted molar refractivity (Wildman–Crippen MR) is 105 cm³/mol. The fourth-order valence-electron chi connectivity index (χ4n) is 3.65. The number of aromatic nitrogens is 2. The van der Waals surface area contributed by atoms with Crippen molar-refractivity contribution in [1.29, 1.82) is 0 Å². The number of methoxy groups -OCH3 is 1. The molecule has 0 spiro atoms. The Morgan fingerprint density at radius 2 is 1.86 bits per heavy atom. The summed E-state index contributed by atoms with van der Waals surface area (Å²) in [6, 6.07) is 16.9. The van der Waals surface area contributed by atoms with Crippen molar-refractivity contribution < 1.29 is 18.9 Å². The molecule has 2 aromatic carbocycles. The molecule has 1 amide bonds. The summed E-state index contributed by atoms with van der Waals surface area (Å²) in [5.41, 5.74) is 3.40. The molecule has 6 heteroatoms. The van der Waals surface area contributed by atoms with Crippen molar-refractivity contribution in [2.45, 2.75) is 25.9 Å². The van der Waals surface area contributed by atoms with Gasteiger partial charge in [0.15, 0.2) is 12.2 Å². The molecule has 2 heterocycles.